The maximum absolute atomic E-state index is 14.4. The molecule has 1 aliphatic carbocycles. The molecule has 8 heteroatoms. The number of carbonyl (C=O) groups excluding carboxylic acids is 1. The number of fused-ring (bicyclic) bond motifs is 1. The molecule has 1 aliphatic heterocycles. The maximum Gasteiger partial charge on any atom is 0.419 e. The minimum atomic E-state index is -2.62. The van der Waals surface area contributed by atoms with Crippen LogP contribution in [0.5, 0.6) is 5.75 Å². The van der Waals surface area contributed by atoms with Gasteiger partial charge in [0, 0.05) is 42.6 Å². The van der Waals surface area contributed by atoms with Crippen molar-refractivity contribution in [1.29, 1.82) is 5.26 Å². The number of benzene rings is 2. The molecule has 212 valence electrons. The number of likely N-dealkylation sites (tertiary alicyclic amines) is 1. The molecule has 1 saturated heterocycles. The molecule has 0 bridgehead atoms. The number of nitrogens with zero attached hydrogens (tertiary/aromatic N) is 3. The highest BCUT2D eigenvalue weighted by molar-refractivity contribution is 5.95. The van der Waals surface area contributed by atoms with Gasteiger partial charge in [0.05, 0.1) is 24.3 Å². The van der Waals surface area contributed by atoms with E-state index in [2.05, 4.69) is 11.0 Å². The molecule has 0 amide bonds. The van der Waals surface area contributed by atoms with E-state index >= 15 is 0 Å². The number of hydrogen-bond acceptors (Lipinski definition) is 5. The summed E-state index contributed by atoms with van der Waals surface area (Å²) in [6.07, 6.45) is 3.01. The van der Waals surface area contributed by atoms with Crippen LogP contribution in [0.2, 0.25) is 0 Å². The predicted molar refractivity (Wildman–Crippen MR) is 150 cm³/mol. The molecule has 2 atom stereocenters. The van der Waals surface area contributed by atoms with E-state index in [1.807, 2.05) is 52.0 Å². The second-order valence-electron chi connectivity index (χ2n) is 12.5. The average Bonchev–Trinajstić information content (AvgIpc) is 3.47. The normalized spacial score (nSPS) is 22.9. The minimum Gasteiger partial charge on any atom is -0.496 e. The summed E-state index contributed by atoms with van der Waals surface area (Å²) in [4.78, 5) is 15.4. The first-order valence-electron chi connectivity index (χ1n) is 13.9. The highest BCUT2D eigenvalue weighted by Gasteiger charge is 2.52. The van der Waals surface area contributed by atoms with E-state index in [0.717, 1.165) is 33.3 Å². The summed E-state index contributed by atoms with van der Waals surface area (Å²) < 4.78 is 41.9. The van der Waals surface area contributed by atoms with Gasteiger partial charge in [0.2, 0.25) is 5.92 Å². The van der Waals surface area contributed by atoms with Crippen molar-refractivity contribution in [2.24, 2.45) is 5.41 Å². The van der Waals surface area contributed by atoms with Gasteiger partial charge < -0.3 is 9.47 Å². The summed E-state index contributed by atoms with van der Waals surface area (Å²) >= 11 is 0. The number of alkyl halides is 2. The van der Waals surface area contributed by atoms with Crippen molar-refractivity contribution in [3.63, 3.8) is 0 Å². The zero-order chi connectivity index (χ0) is 28.9. The number of aromatic nitrogens is 1. The van der Waals surface area contributed by atoms with Crippen LogP contribution in [0.3, 0.4) is 0 Å². The van der Waals surface area contributed by atoms with Crippen molar-refractivity contribution in [3.8, 4) is 11.8 Å². The molecule has 0 N–H and O–H groups in total. The lowest BCUT2D eigenvalue weighted by Crippen LogP contribution is -2.41. The Morgan fingerprint density at radius 2 is 1.88 bits per heavy atom. The van der Waals surface area contributed by atoms with Gasteiger partial charge in [0.1, 0.15) is 11.4 Å². The van der Waals surface area contributed by atoms with E-state index in [1.54, 1.807) is 30.0 Å². The Morgan fingerprint density at radius 3 is 2.48 bits per heavy atom. The number of piperidine rings is 1. The number of hydrogen-bond donors (Lipinski definition) is 0. The van der Waals surface area contributed by atoms with E-state index in [4.69, 9.17) is 9.47 Å². The fourth-order valence-electron chi connectivity index (χ4n) is 6.61. The van der Waals surface area contributed by atoms with Crippen LogP contribution < -0.4 is 4.74 Å². The summed E-state index contributed by atoms with van der Waals surface area (Å²) in [6, 6.07) is 13.4. The molecule has 3 aromatic rings. The number of methoxy groups -OCH3 is 1. The third-order valence-corrected chi connectivity index (χ3v) is 8.48. The summed E-state index contributed by atoms with van der Waals surface area (Å²) in [6.45, 7) is 8.64. The molecular formula is C32H37F2N3O3. The molecule has 5 rings (SSSR count). The summed E-state index contributed by atoms with van der Waals surface area (Å²) in [5.74, 6) is -1.90. The van der Waals surface area contributed by atoms with E-state index in [-0.39, 0.29) is 18.9 Å². The molecule has 0 radical (unpaired) electrons. The van der Waals surface area contributed by atoms with Crippen molar-refractivity contribution >= 4 is 17.0 Å². The van der Waals surface area contributed by atoms with Gasteiger partial charge in [0.25, 0.3) is 0 Å². The smallest absolute Gasteiger partial charge is 0.419 e. The topological polar surface area (TPSA) is 67.5 Å². The van der Waals surface area contributed by atoms with Crippen LogP contribution in [0.25, 0.3) is 10.9 Å². The van der Waals surface area contributed by atoms with Crippen LogP contribution in [-0.2, 0) is 11.3 Å². The zero-order valence-corrected chi connectivity index (χ0v) is 23.9. The lowest BCUT2D eigenvalue weighted by Gasteiger charge is -2.45. The molecule has 2 fully saturated rings. The molecule has 1 saturated carbocycles. The van der Waals surface area contributed by atoms with Crippen molar-refractivity contribution in [1.82, 2.24) is 9.47 Å². The van der Waals surface area contributed by atoms with Crippen molar-refractivity contribution in [2.75, 3.05) is 13.7 Å². The van der Waals surface area contributed by atoms with Gasteiger partial charge in [-0.3, -0.25) is 9.47 Å². The first-order valence-corrected chi connectivity index (χ1v) is 13.9. The fourth-order valence-corrected chi connectivity index (χ4v) is 6.61. The molecule has 6 nitrogen and oxygen atoms in total. The fraction of sp³-hybridized carbons (Fsp3) is 0.500. The molecule has 2 aliphatic rings. The largest absolute Gasteiger partial charge is 0.496 e. The van der Waals surface area contributed by atoms with E-state index in [1.165, 1.54) is 0 Å². The Balaban J connectivity index is 1.54. The Kier molecular flexibility index (Phi) is 7.16. The predicted octanol–water partition coefficient (Wildman–Crippen LogP) is 7.76. The van der Waals surface area contributed by atoms with Crippen molar-refractivity contribution in [2.45, 2.75) is 83.9 Å². The first-order chi connectivity index (χ1) is 18.8. The molecule has 2 aromatic carbocycles. The van der Waals surface area contributed by atoms with E-state index in [9.17, 15) is 18.8 Å². The van der Waals surface area contributed by atoms with Crippen LogP contribution in [0, 0.1) is 23.7 Å². The third kappa shape index (κ3) is 5.44. The van der Waals surface area contributed by atoms with Gasteiger partial charge in [-0.15, -0.1) is 0 Å². The lowest BCUT2D eigenvalue weighted by molar-refractivity contribution is -0.0235. The van der Waals surface area contributed by atoms with Crippen molar-refractivity contribution in [3.05, 3.63) is 64.8 Å². The second kappa shape index (κ2) is 10.2. The Hall–Kier alpha value is -3.44. The van der Waals surface area contributed by atoms with Gasteiger partial charge >= 0.3 is 6.09 Å². The van der Waals surface area contributed by atoms with Crippen LogP contribution in [0.4, 0.5) is 13.6 Å². The summed E-state index contributed by atoms with van der Waals surface area (Å²) in [5.41, 5.74) is 3.15. The van der Waals surface area contributed by atoms with E-state index < -0.39 is 23.0 Å². The number of halogens is 2. The Labute approximate surface area is 234 Å². The maximum atomic E-state index is 14.4. The molecule has 2 heterocycles. The Morgan fingerprint density at radius 1 is 1.15 bits per heavy atom. The quantitative estimate of drug-likeness (QED) is 0.333. The van der Waals surface area contributed by atoms with Crippen LogP contribution in [-0.4, -0.2) is 40.7 Å². The van der Waals surface area contributed by atoms with Gasteiger partial charge in [-0.2, -0.15) is 5.26 Å². The monoisotopic (exact) mass is 549 g/mol. The zero-order valence-electron chi connectivity index (χ0n) is 23.9. The molecule has 40 heavy (non-hydrogen) atoms. The molecule has 1 aromatic heterocycles. The van der Waals surface area contributed by atoms with E-state index in [0.29, 0.717) is 37.9 Å². The van der Waals surface area contributed by atoms with Gasteiger partial charge in [0.15, 0.2) is 0 Å². The highest BCUT2D eigenvalue weighted by atomic mass is 19.3. The van der Waals surface area contributed by atoms with Crippen LogP contribution in [0.1, 0.15) is 81.2 Å². The third-order valence-electron chi connectivity index (χ3n) is 8.48. The van der Waals surface area contributed by atoms with Crippen molar-refractivity contribution < 1.29 is 23.0 Å². The average molecular weight is 550 g/mol. The first kappa shape index (κ1) is 28.1. The second-order valence-corrected chi connectivity index (χ2v) is 12.5. The van der Waals surface area contributed by atoms with Crippen LogP contribution >= 0.6 is 0 Å². The number of ether oxygens (including phenoxy) is 2. The number of aryl methyl sites for hydroxylation is 1. The SMILES string of the molecule is COc1cc(C)c2c(ccn2C(=O)OC(C)(C)C)c1CN1CCC2(CCC(F)(F)C2)CC1c1ccc(C#N)cc1. The number of carbonyl (C=O) groups is 1. The Bertz CT molecular complexity index is 1470. The van der Waals surface area contributed by atoms with Gasteiger partial charge in [-0.25, -0.2) is 13.6 Å². The molecule has 1 spiro atoms. The molecule has 2 unspecified atom stereocenters. The minimum absolute atomic E-state index is 0.0579. The highest BCUT2D eigenvalue weighted by Crippen LogP contribution is 2.56. The summed E-state index contributed by atoms with van der Waals surface area (Å²) in [7, 11) is 1.64. The summed E-state index contributed by atoms with van der Waals surface area (Å²) in [5, 5.41) is 10.2. The van der Waals surface area contributed by atoms with Gasteiger partial charge in [-0.1, -0.05) is 12.1 Å². The lowest BCUT2D eigenvalue weighted by atomic mass is 9.72. The standard InChI is InChI=1S/C32H37F2N3O3/c1-21-16-27(39-5)25(24-10-14-37(28(21)24)29(38)40-30(2,3)4)19-36-15-13-31(11-12-32(33,34)20-31)17-26(36)23-8-6-22(18-35)7-9-23/h6-10,14,16,26H,11-13,15,17,19-20H2,1-5H3. The molecular weight excluding hydrogens is 512 g/mol. The van der Waals surface area contributed by atoms with Gasteiger partial charge in [-0.05, 0) is 94.3 Å². The van der Waals surface area contributed by atoms with Crippen LogP contribution in [0.15, 0.2) is 42.6 Å². The number of rotatable bonds is 4. The number of nitriles is 1.